The van der Waals surface area contributed by atoms with Gasteiger partial charge in [0.1, 0.15) is 11.5 Å². The van der Waals surface area contributed by atoms with Crippen LogP contribution in [0.5, 0.6) is 11.5 Å². The highest BCUT2D eigenvalue weighted by Gasteiger charge is 2.09. The molecule has 0 atom stereocenters. The molecular formula is C13H17N3O2. The zero-order valence-corrected chi connectivity index (χ0v) is 10.8. The van der Waals surface area contributed by atoms with E-state index in [0.717, 1.165) is 22.8 Å². The third kappa shape index (κ3) is 2.25. The maximum atomic E-state index is 5.83. The number of benzene rings is 1. The molecule has 0 aliphatic carbocycles. The smallest absolute Gasteiger partial charge is 0.200 e. The molecule has 5 nitrogen and oxygen atoms in total. The van der Waals surface area contributed by atoms with Crippen molar-refractivity contribution in [2.24, 2.45) is 0 Å². The molecule has 2 rings (SSSR count). The Bertz CT molecular complexity index is 530. The first-order valence-electron chi connectivity index (χ1n) is 5.64. The monoisotopic (exact) mass is 247 g/mol. The molecule has 0 aliphatic heterocycles. The van der Waals surface area contributed by atoms with Crippen molar-refractivity contribution < 1.29 is 9.47 Å². The Labute approximate surface area is 106 Å². The summed E-state index contributed by atoms with van der Waals surface area (Å²) in [4.78, 5) is 4.08. The van der Waals surface area contributed by atoms with Gasteiger partial charge in [0, 0.05) is 11.3 Å². The summed E-state index contributed by atoms with van der Waals surface area (Å²) in [6.45, 7) is 2.58. The molecule has 1 aromatic carbocycles. The van der Waals surface area contributed by atoms with E-state index in [4.69, 9.17) is 15.2 Å². The summed E-state index contributed by atoms with van der Waals surface area (Å²) in [5.74, 6) is 2.10. The normalized spacial score (nSPS) is 10.4. The molecule has 1 heterocycles. The van der Waals surface area contributed by atoms with Gasteiger partial charge in [-0.15, -0.1) is 0 Å². The SMILES string of the molecule is COc1ccc(OC)c(Cn2c(C)cnc2N)c1. The van der Waals surface area contributed by atoms with Gasteiger partial charge in [0.25, 0.3) is 0 Å². The van der Waals surface area contributed by atoms with Crippen LogP contribution in [0.15, 0.2) is 24.4 Å². The third-order valence-electron chi connectivity index (χ3n) is 2.90. The highest BCUT2D eigenvalue weighted by molar-refractivity contribution is 5.41. The second-order valence-corrected chi connectivity index (χ2v) is 4.02. The molecule has 0 radical (unpaired) electrons. The molecule has 0 fully saturated rings. The van der Waals surface area contributed by atoms with Crippen LogP contribution in [-0.4, -0.2) is 23.8 Å². The van der Waals surface area contributed by atoms with Gasteiger partial charge in [0.05, 0.1) is 27.0 Å². The fraction of sp³-hybridized carbons (Fsp3) is 0.308. The average Bonchev–Trinajstić information content (AvgIpc) is 2.70. The predicted octanol–water partition coefficient (Wildman–Crippen LogP) is 1.84. The van der Waals surface area contributed by atoms with Crippen molar-refractivity contribution in [1.29, 1.82) is 0 Å². The fourth-order valence-electron chi connectivity index (χ4n) is 1.86. The molecule has 96 valence electrons. The summed E-state index contributed by atoms with van der Waals surface area (Å²) in [6.07, 6.45) is 1.75. The van der Waals surface area contributed by atoms with E-state index in [1.807, 2.05) is 29.7 Å². The van der Waals surface area contributed by atoms with Crippen molar-refractivity contribution in [2.75, 3.05) is 20.0 Å². The molecule has 2 aromatic rings. The van der Waals surface area contributed by atoms with Crippen molar-refractivity contribution in [3.8, 4) is 11.5 Å². The van der Waals surface area contributed by atoms with Gasteiger partial charge in [0.2, 0.25) is 5.95 Å². The van der Waals surface area contributed by atoms with E-state index >= 15 is 0 Å². The lowest BCUT2D eigenvalue weighted by atomic mass is 10.2. The van der Waals surface area contributed by atoms with Crippen LogP contribution in [0.4, 0.5) is 5.95 Å². The number of imidazole rings is 1. The number of nitrogen functional groups attached to an aromatic ring is 1. The van der Waals surface area contributed by atoms with Crippen molar-refractivity contribution in [1.82, 2.24) is 9.55 Å². The fourth-order valence-corrected chi connectivity index (χ4v) is 1.86. The van der Waals surface area contributed by atoms with E-state index in [2.05, 4.69) is 4.98 Å². The molecule has 0 saturated carbocycles. The molecule has 0 amide bonds. The van der Waals surface area contributed by atoms with Crippen LogP contribution in [0.25, 0.3) is 0 Å². The molecule has 0 aliphatic rings. The number of nitrogens with zero attached hydrogens (tertiary/aromatic N) is 2. The van der Waals surface area contributed by atoms with Gasteiger partial charge in [0.15, 0.2) is 0 Å². The lowest BCUT2D eigenvalue weighted by Gasteiger charge is -2.13. The van der Waals surface area contributed by atoms with Crippen LogP contribution in [0.3, 0.4) is 0 Å². The Balaban J connectivity index is 2.38. The van der Waals surface area contributed by atoms with E-state index in [1.54, 1.807) is 20.4 Å². The molecule has 5 heteroatoms. The van der Waals surface area contributed by atoms with Crippen LogP contribution in [0, 0.1) is 6.92 Å². The number of rotatable bonds is 4. The third-order valence-corrected chi connectivity index (χ3v) is 2.90. The molecule has 0 spiro atoms. The first-order valence-corrected chi connectivity index (χ1v) is 5.64. The van der Waals surface area contributed by atoms with Crippen molar-refractivity contribution in [3.05, 3.63) is 35.7 Å². The molecule has 0 unspecified atom stereocenters. The molecule has 2 N–H and O–H groups in total. The van der Waals surface area contributed by atoms with Crippen molar-refractivity contribution in [2.45, 2.75) is 13.5 Å². The Morgan fingerprint density at radius 2 is 2.06 bits per heavy atom. The minimum atomic E-state index is 0.498. The summed E-state index contributed by atoms with van der Waals surface area (Å²) in [5, 5.41) is 0. The quantitative estimate of drug-likeness (QED) is 0.895. The Kier molecular flexibility index (Phi) is 3.41. The molecule has 0 saturated heterocycles. The largest absolute Gasteiger partial charge is 0.497 e. The average molecular weight is 247 g/mol. The molecule has 1 aromatic heterocycles. The summed E-state index contributed by atoms with van der Waals surface area (Å²) < 4.78 is 12.5. The number of hydrogen-bond donors (Lipinski definition) is 1. The van der Waals surface area contributed by atoms with E-state index in [1.165, 1.54) is 0 Å². The van der Waals surface area contributed by atoms with Crippen LogP contribution < -0.4 is 15.2 Å². The minimum absolute atomic E-state index is 0.498. The van der Waals surface area contributed by atoms with Crippen LogP contribution >= 0.6 is 0 Å². The lowest BCUT2D eigenvalue weighted by molar-refractivity contribution is 0.397. The van der Waals surface area contributed by atoms with Crippen LogP contribution in [-0.2, 0) is 6.54 Å². The van der Waals surface area contributed by atoms with E-state index in [-0.39, 0.29) is 0 Å². The first kappa shape index (κ1) is 12.3. The lowest BCUT2D eigenvalue weighted by Crippen LogP contribution is -2.07. The van der Waals surface area contributed by atoms with Gasteiger partial charge >= 0.3 is 0 Å². The van der Waals surface area contributed by atoms with Gasteiger partial charge < -0.3 is 19.8 Å². The Morgan fingerprint density at radius 1 is 1.28 bits per heavy atom. The molecule has 0 bridgehead atoms. The van der Waals surface area contributed by atoms with E-state index < -0.39 is 0 Å². The number of methoxy groups -OCH3 is 2. The summed E-state index contributed by atoms with van der Waals surface area (Å²) in [6, 6.07) is 5.70. The van der Waals surface area contributed by atoms with Gasteiger partial charge in [-0.05, 0) is 25.1 Å². The Hall–Kier alpha value is -2.17. The van der Waals surface area contributed by atoms with E-state index in [9.17, 15) is 0 Å². The second kappa shape index (κ2) is 5.00. The highest BCUT2D eigenvalue weighted by Crippen LogP contribution is 2.25. The van der Waals surface area contributed by atoms with Crippen molar-refractivity contribution >= 4 is 5.95 Å². The maximum absolute atomic E-state index is 5.83. The van der Waals surface area contributed by atoms with Crippen LogP contribution in [0.2, 0.25) is 0 Å². The van der Waals surface area contributed by atoms with Gasteiger partial charge in [-0.1, -0.05) is 0 Å². The van der Waals surface area contributed by atoms with Gasteiger partial charge in [-0.3, -0.25) is 0 Å². The number of anilines is 1. The zero-order chi connectivity index (χ0) is 13.1. The van der Waals surface area contributed by atoms with Crippen molar-refractivity contribution in [3.63, 3.8) is 0 Å². The summed E-state index contributed by atoms with van der Waals surface area (Å²) >= 11 is 0. The second-order valence-electron chi connectivity index (χ2n) is 4.02. The topological polar surface area (TPSA) is 62.3 Å². The molecule has 18 heavy (non-hydrogen) atoms. The number of nitrogens with two attached hydrogens (primary N) is 1. The number of hydrogen-bond acceptors (Lipinski definition) is 4. The highest BCUT2D eigenvalue weighted by atomic mass is 16.5. The Morgan fingerprint density at radius 3 is 2.61 bits per heavy atom. The zero-order valence-electron chi connectivity index (χ0n) is 10.8. The predicted molar refractivity (Wildman–Crippen MR) is 70.0 cm³/mol. The maximum Gasteiger partial charge on any atom is 0.200 e. The standard InChI is InChI=1S/C13H17N3O2/c1-9-7-15-13(14)16(9)8-10-6-11(17-2)4-5-12(10)18-3/h4-7H,8H2,1-3H3,(H2,14,15). The number of ether oxygens (including phenoxy) is 2. The summed E-state index contributed by atoms with van der Waals surface area (Å²) in [5.41, 5.74) is 7.85. The number of aryl methyl sites for hydroxylation is 1. The van der Waals surface area contributed by atoms with E-state index in [0.29, 0.717) is 12.5 Å². The first-order chi connectivity index (χ1) is 8.65. The number of aromatic nitrogens is 2. The van der Waals surface area contributed by atoms with Crippen LogP contribution in [0.1, 0.15) is 11.3 Å². The van der Waals surface area contributed by atoms with Gasteiger partial charge in [-0.25, -0.2) is 4.98 Å². The molecular weight excluding hydrogens is 230 g/mol. The van der Waals surface area contributed by atoms with Gasteiger partial charge in [-0.2, -0.15) is 0 Å². The minimum Gasteiger partial charge on any atom is -0.497 e. The summed E-state index contributed by atoms with van der Waals surface area (Å²) in [7, 11) is 3.29.